The molecule has 2 amide bonds. The number of rotatable bonds is 2. The summed E-state index contributed by atoms with van der Waals surface area (Å²) in [6.07, 6.45) is 6.95. The average molecular weight is 262 g/mol. The molecule has 0 radical (unpaired) electrons. The van der Waals surface area contributed by atoms with E-state index in [4.69, 9.17) is 5.73 Å². The molecule has 5 nitrogen and oxygen atoms in total. The van der Waals surface area contributed by atoms with E-state index in [-0.39, 0.29) is 11.6 Å². The molecule has 1 saturated carbocycles. The van der Waals surface area contributed by atoms with Crippen molar-refractivity contribution in [3.05, 3.63) is 0 Å². The van der Waals surface area contributed by atoms with Gasteiger partial charge in [0.25, 0.3) is 0 Å². The Morgan fingerprint density at radius 2 is 1.89 bits per heavy atom. The number of carbonyl (C=O) groups is 1. The van der Waals surface area contributed by atoms with E-state index in [1.807, 2.05) is 4.90 Å². The van der Waals surface area contributed by atoms with E-state index >= 15 is 0 Å². The molecule has 0 aromatic heterocycles. The summed E-state index contributed by atoms with van der Waals surface area (Å²) in [7, 11) is 2.21. The maximum Gasteiger partial charge on any atom is 0.346 e. The molecule has 1 spiro atoms. The number of hydrogen-bond donors (Lipinski definition) is 1. The SMILES string of the molecule is CN1C2CCC1CC1(C2)C(N)=NC(=O)N1CC1CC1. The normalized spacial score (nSPS) is 42.3. The fourth-order valence-electron chi connectivity index (χ4n) is 4.28. The minimum absolute atomic E-state index is 0.0895. The lowest BCUT2D eigenvalue weighted by molar-refractivity contribution is 0.0662. The number of hydrogen-bond acceptors (Lipinski definition) is 3. The zero-order valence-electron chi connectivity index (χ0n) is 11.5. The number of piperidine rings is 1. The molecule has 3 heterocycles. The molecule has 4 aliphatic rings. The third kappa shape index (κ3) is 1.57. The van der Waals surface area contributed by atoms with E-state index in [0.717, 1.165) is 19.4 Å². The highest BCUT2D eigenvalue weighted by Crippen LogP contribution is 2.46. The molecule has 2 saturated heterocycles. The second-order valence-electron chi connectivity index (χ2n) is 6.82. The van der Waals surface area contributed by atoms with Crippen molar-refractivity contribution >= 4 is 11.9 Å². The van der Waals surface area contributed by atoms with E-state index in [1.165, 1.54) is 25.7 Å². The van der Waals surface area contributed by atoms with E-state index in [2.05, 4.69) is 16.9 Å². The van der Waals surface area contributed by atoms with Gasteiger partial charge in [-0.2, -0.15) is 4.99 Å². The summed E-state index contributed by atoms with van der Waals surface area (Å²) in [5.74, 6) is 1.28. The fraction of sp³-hybridized carbons (Fsp3) is 0.857. The highest BCUT2D eigenvalue weighted by molar-refractivity contribution is 6.06. The van der Waals surface area contributed by atoms with Crippen molar-refractivity contribution in [1.82, 2.24) is 9.80 Å². The number of amides is 2. The smallest absolute Gasteiger partial charge is 0.346 e. The third-order valence-electron chi connectivity index (χ3n) is 5.71. The zero-order valence-corrected chi connectivity index (χ0v) is 11.5. The van der Waals surface area contributed by atoms with Gasteiger partial charge in [-0.15, -0.1) is 0 Å². The van der Waals surface area contributed by atoms with Crippen LogP contribution in [-0.4, -0.2) is 52.9 Å². The molecular weight excluding hydrogens is 240 g/mol. The topological polar surface area (TPSA) is 61.9 Å². The van der Waals surface area contributed by atoms with Crippen LogP contribution in [0.2, 0.25) is 0 Å². The van der Waals surface area contributed by atoms with Gasteiger partial charge in [-0.25, -0.2) is 4.79 Å². The number of carbonyl (C=O) groups excluding carboxylic acids is 1. The Morgan fingerprint density at radius 3 is 2.47 bits per heavy atom. The fourth-order valence-corrected chi connectivity index (χ4v) is 4.28. The maximum absolute atomic E-state index is 12.2. The van der Waals surface area contributed by atoms with Crippen LogP contribution in [0.15, 0.2) is 4.99 Å². The van der Waals surface area contributed by atoms with Crippen molar-refractivity contribution in [1.29, 1.82) is 0 Å². The Bertz CT molecular complexity index is 442. The van der Waals surface area contributed by atoms with Crippen molar-refractivity contribution in [2.75, 3.05) is 13.6 Å². The molecule has 0 aromatic carbocycles. The van der Waals surface area contributed by atoms with Gasteiger partial charge < -0.3 is 15.5 Å². The summed E-state index contributed by atoms with van der Waals surface area (Å²) in [5, 5.41) is 0. The first-order chi connectivity index (χ1) is 9.10. The molecule has 1 aliphatic carbocycles. The quantitative estimate of drug-likeness (QED) is 0.813. The highest BCUT2D eigenvalue weighted by atomic mass is 16.2. The van der Waals surface area contributed by atoms with Crippen LogP contribution < -0.4 is 5.73 Å². The minimum Gasteiger partial charge on any atom is -0.385 e. The minimum atomic E-state index is -0.252. The molecule has 3 fully saturated rings. The number of urea groups is 1. The largest absolute Gasteiger partial charge is 0.385 e. The summed E-state index contributed by atoms with van der Waals surface area (Å²) in [5.41, 5.74) is 5.94. The van der Waals surface area contributed by atoms with Crippen LogP contribution in [0, 0.1) is 5.92 Å². The summed E-state index contributed by atoms with van der Waals surface area (Å²) in [6.45, 7) is 0.867. The van der Waals surface area contributed by atoms with Crippen LogP contribution in [0.3, 0.4) is 0 Å². The summed E-state index contributed by atoms with van der Waals surface area (Å²) < 4.78 is 0. The maximum atomic E-state index is 12.2. The van der Waals surface area contributed by atoms with Gasteiger partial charge >= 0.3 is 6.03 Å². The third-order valence-corrected chi connectivity index (χ3v) is 5.71. The predicted octanol–water partition coefficient (Wildman–Crippen LogP) is 1.18. The molecule has 2 atom stereocenters. The Balaban J connectivity index is 1.66. The van der Waals surface area contributed by atoms with E-state index in [1.54, 1.807) is 0 Å². The lowest BCUT2D eigenvalue weighted by atomic mass is 9.81. The standard InChI is InChI=1S/C14H22N4O/c1-17-10-4-5-11(17)7-14(6-10)12(15)16-13(19)18(14)8-9-2-3-9/h9-11H,2-8H2,1H3,(H2,15,16,19). The summed E-state index contributed by atoms with van der Waals surface area (Å²) in [4.78, 5) is 20.8. The lowest BCUT2D eigenvalue weighted by Gasteiger charge is -2.47. The van der Waals surface area contributed by atoms with Gasteiger partial charge in [0.15, 0.2) is 0 Å². The van der Waals surface area contributed by atoms with Crippen molar-refractivity contribution in [2.45, 2.75) is 56.1 Å². The Kier molecular flexibility index (Phi) is 2.29. The van der Waals surface area contributed by atoms with Gasteiger partial charge in [-0.05, 0) is 51.5 Å². The second-order valence-corrected chi connectivity index (χ2v) is 6.82. The molecule has 2 unspecified atom stereocenters. The molecule has 19 heavy (non-hydrogen) atoms. The molecule has 0 aromatic rings. The first-order valence-electron chi connectivity index (χ1n) is 7.48. The van der Waals surface area contributed by atoms with E-state index in [0.29, 0.717) is 23.8 Å². The number of nitrogens with zero attached hydrogens (tertiary/aromatic N) is 3. The number of aliphatic imine (C=N–C) groups is 1. The van der Waals surface area contributed by atoms with E-state index in [9.17, 15) is 4.79 Å². The molecule has 104 valence electrons. The second kappa shape index (κ2) is 3.72. The number of amidine groups is 1. The van der Waals surface area contributed by atoms with Crippen molar-refractivity contribution in [3.8, 4) is 0 Å². The molecule has 5 heteroatoms. The van der Waals surface area contributed by atoms with Crippen LogP contribution >= 0.6 is 0 Å². The van der Waals surface area contributed by atoms with Gasteiger partial charge in [-0.3, -0.25) is 0 Å². The first-order valence-corrected chi connectivity index (χ1v) is 7.48. The predicted molar refractivity (Wildman–Crippen MR) is 73.0 cm³/mol. The van der Waals surface area contributed by atoms with E-state index < -0.39 is 0 Å². The van der Waals surface area contributed by atoms with Crippen LogP contribution in [-0.2, 0) is 0 Å². The Hall–Kier alpha value is -1.10. The van der Waals surface area contributed by atoms with Gasteiger partial charge in [0.2, 0.25) is 0 Å². The summed E-state index contributed by atoms with van der Waals surface area (Å²) >= 11 is 0. The Labute approximate surface area is 113 Å². The van der Waals surface area contributed by atoms with Crippen molar-refractivity contribution in [3.63, 3.8) is 0 Å². The van der Waals surface area contributed by atoms with Gasteiger partial charge in [-0.1, -0.05) is 0 Å². The van der Waals surface area contributed by atoms with Crippen molar-refractivity contribution in [2.24, 2.45) is 16.6 Å². The van der Waals surface area contributed by atoms with Crippen LogP contribution in [0.4, 0.5) is 4.79 Å². The number of fused-ring (bicyclic) bond motifs is 2. The average Bonchev–Trinajstić information content (AvgIpc) is 3.13. The molecule has 2 bridgehead atoms. The van der Waals surface area contributed by atoms with Crippen molar-refractivity contribution < 1.29 is 4.79 Å². The highest BCUT2D eigenvalue weighted by Gasteiger charge is 2.56. The first kappa shape index (κ1) is 11.7. The van der Waals surface area contributed by atoms with Gasteiger partial charge in [0.05, 0.1) is 0 Å². The molecule has 2 N–H and O–H groups in total. The Morgan fingerprint density at radius 1 is 1.26 bits per heavy atom. The number of nitrogens with two attached hydrogens (primary N) is 1. The van der Waals surface area contributed by atoms with Crippen LogP contribution in [0.25, 0.3) is 0 Å². The van der Waals surface area contributed by atoms with Gasteiger partial charge in [0, 0.05) is 18.6 Å². The van der Waals surface area contributed by atoms with Gasteiger partial charge in [0.1, 0.15) is 11.4 Å². The van der Waals surface area contributed by atoms with Crippen LogP contribution in [0.1, 0.15) is 38.5 Å². The molecule has 4 rings (SSSR count). The zero-order chi connectivity index (χ0) is 13.2. The molecule has 3 aliphatic heterocycles. The molecular formula is C14H22N4O. The monoisotopic (exact) mass is 262 g/mol. The van der Waals surface area contributed by atoms with Crippen LogP contribution in [0.5, 0.6) is 0 Å². The lowest BCUT2D eigenvalue weighted by Crippen LogP contribution is -2.62. The summed E-state index contributed by atoms with van der Waals surface area (Å²) in [6, 6.07) is 1.05.